The molecule has 0 amide bonds. The van der Waals surface area contributed by atoms with E-state index in [1.54, 1.807) is 0 Å². The van der Waals surface area contributed by atoms with Crippen LogP contribution in [0.25, 0.3) is 0 Å². The summed E-state index contributed by atoms with van der Waals surface area (Å²) < 4.78 is 9.31. The summed E-state index contributed by atoms with van der Waals surface area (Å²) in [6.07, 6.45) is 4.46. The van der Waals surface area contributed by atoms with Gasteiger partial charge in [0.15, 0.2) is 2.43 Å². The fourth-order valence-electron chi connectivity index (χ4n) is 0.546. The highest BCUT2D eigenvalue weighted by Crippen LogP contribution is 2.63. The number of unbranched alkanes of at least 4 members (excludes halogenated alkanes) is 2. The maximum atomic E-state index is 11.1. The molecule has 9 heavy (non-hydrogen) atoms. The van der Waals surface area contributed by atoms with E-state index < -0.39 is 2.43 Å². The monoisotopic (exact) mass is 372 g/mol. The molecule has 0 fully saturated rings. The van der Waals surface area contributed by atoms with Gasteiger partial charge in [-0.25, -0.2) is 0 Å². The molecule has 0 radical (unpaired) electrons. The zero-order chi connectivity index (χ0) is 7.33. The Morgan fingerprint density at radius 3 is 2.22 bits per heavy atom. The van der Waals surface area contributed by atoms with Crippen LogP contribution < -0.4 is 0 Å². The van der Waals surface area contributed by atoms with Crippen molar-refractivity contribution in [1.29, 1.82) is 0 Å². The molecule has 0 aromatic carbocycles. The van der Waals surface area contributed by atoms with Crippen LogP contribution in [0.1, 0.15) is 26.2 Å². The van der Waals surface area contributed by atoms with E-state index in [9.17, 15) is 4.57 Å². The van der Waals surface area contributed by atoms with Gasteiger partial charge < -0.3 is 4.57 Å². The van der Waals surface area contributed by atoms with E-state index in [1.165, 1.54) is 12.8 Å². The minimum absolute atomic E-state index is 0.905. The van der Waals surface area contributed by atoms with Gasteiger partial charge in [0, 0.05) is 50.2 Å². The van der Waals surface area contributed by atoms with Crippen molar-refractivity contribution in [3.05, 3.63) is 0 Å². The van der Waals surface area contributed by atoms with Crippen LogP contribution in [0.3, 0.4) is 0 Å². The summed E-state index contributed by atoms with van der Waals surface area (Å²) in [7, 11) is 0. The minimum atomic E-state index is -1.76. The average Bonchev–Trinajstić information content (AvgIpc) is 1.63. The second-order valence-corrected chi connectivity index (χ2v) is 18.5. The summed E-state index contributed by atoms with van der Waals surface area (Å²) in [6, 6.07) is 0. The number of hydrogen-bond donors (Lipinski definition) is 0. The van der Waals surface area contributed by atoms with E-state index in [1.807, 2.05) is 0 Å². The highest BCUT2D eigenvalue weighted by molar-refractivity contribution is 14.3. The van der Waals surface area contributed by atoms with Gasteiger partial charge in [-0.1, -0.05) is 19.8 Å². The molecule has 0 saturated heterocycles. The Bertz CT molecular complexity index is 110. The first-order chi connectivity index (χ1) is 4.06. The van der Waals surface area contributed by atoms with Gasteiger partial charge in [0.05, 0.1) is 0 Å². The lowest BCUT2D eigenvalue weighted by molar-refractivity contribution is 0.593. The highest BCUT2D eigenvalue weighted by atomic mass is 127. The standard InChI is InChI=1S/C5H11I2OP/c1-2-3-4-5-9(6,7)8/h2-5H2,1H3. The lowest BCUT2D eigenvalue weighted by atomic mass is 10.3. The molecule has 0 unspecified atom stereocenters. The van der Waals surface area contributed by atoms with Crippen LogP contribution in [-0.2, 0) is 4.57 Å². The first-order valence-electron chi connectivity index (χ1n) is 3.04. The van der Waals surface area contributed by atoms with E-state index in [-0.39, 0.29) is 0 Å². The molecule has 0 bridgehead atoms. The largest absolute Gasteiger partial charge is 0.302 e. The predicted octanol–water partition coefficient (Wildman–Crippen LogP) is 4.24. The van der Waals surface area contributed by atoms with Crippen LogP contribution in [0.4, 0.5) is 0 Å². The van der Waals surface area contributed by atoms with E-state index in [0.29, 0.717) is 0 Å². The summed E-state index contributed by atoms with van der Waals surface area (Å²) in [6.45, 7) is 2.16. The summed E-state index contributed by atoms with van der Waals surface area (Å²) in [4.78, 5) is 0. The summed E-state index contributed by atoms with van der Waals surface area (Å²) >= 11 is 4.12. The van der Waals surface area contributed by atoms with Crippen molar-refractivity contribution in [3.63, 3.8) is 0 Å². The van der Waals surface area contributed by atoms with Crippen LogP contribution in [0.15, 0.2) is 0 Å². The molecule has 0 heterocycles. The van der Waals surface area contributed by atoms with Gasteiger partial charge in [-0.2, -0.15) is 0 Å². The Hall–Kier alpha value is 1.69. The summed E-state index contributed by atoms with van der Waals surface area (Å²) in [5, 5.41) is 0. The number of hydrogen-bond acceptors (Lipinski definition) is 1. The predicted molar refractivity (Wildman–Crippen MR) is 60.0 cm³/mol. The van der Waals surface area contributed by atoms with Crippen LogP contribution >= 0.6 is 46.5 Å². The fourth-order valence-corrected chi connectivity index (χ4v) is 3.18. The Morgan fingerprint density at radius 2 is 1.89 bits per heavy atom. The lowest BCUT2D eigenvalue weighted by Crippen LogP contribution is -1.77. The molecule has 0 aliphatic heterocycles. The van der Waals surface area contributed by atoms with Crippen molar-refractivity contribution >= 4 is 46.5 Å². The fraction of sp³-hybridized carbons (Fsp3) is 1.00. The van der Waals surface area contributed by atoms with E-state index >= 15 is 0 Å². The number of halogens is 2. The maximum Gasteiger partial charge on any atom is 0.198 e. The topological polar surface area (TPSA) is 17.1 Å². The molecule has 0 aliphatic carbocycles. The Kier molecular flexibility index (Phi) is 6.36. The van der Waals surface area contributed by atoms with Crippen molar-refractivity contribution in [2.75, 3.05) is 6.16 Å². The molecular formula is C5H11I2OP. The van der Waals surface area contributed by atoms with E-state index in [4.69, 9.17) is 0 Å². The van der Waals surface area contributed by atoms with E-state index in [2.05, 4.69) is 51.0 Å². The molecule has 56 valence electrons. The van der Waals surface area contributed by atoms with Crippen LogP contribution in [0.5, 0.6) is 0 Å². The van der Waals surface area contributed by atoms with Gasteiger partial charge >= 0.3 is 0 Å². The molecule has 0 atom stereocenters. The molecule has 0 N–H and O–H groups in total. The maximum absolute atomic E-state index is 11.1. The van der Waals surface area contributed by atoms with E-state index in [0.717, 1.165) is 12.6 Å². The van der Waals surface area contributed by atoms with Crippen molar-refractivity contribution in [3.8, 4) is 0 Å². The second-order valence-electron chi connectivity index (χ2n) is 2.00. The second kappa shape index (κ2) is 5.35. The van der Waals surface area contributed by atoms with Gasteiger partial charge in [-0.05, 0) is 6.42 Å². The van der Waals surface area contributed by atoms with Gasteiger partial charge in [-0.3, -0.25) is 0 Å². The Labute approximate surface area is 82.7 Å². The average molecular weight is 372 g/mol. The molecule has 0 aromatic rings. The minimum Gasteiger partial charge on any atom is -0.302 e. The summed E-state index contributed by atoms with van der Waals surface area (Å²) in [5.41, 5.74) is 0. The Morgan fingerprint density at radius 1 is 1.33 bits per heavy atom. The zero-order valence-corrected chi connectivity index (χ0v) is 10.6. The van der Waals surface area contributed by atoms with Gasteiger partial charge in [0.1, 0.15) is 0 Å². The van der Waals surface area contributed by atoms with Crippen LogP contribution in [-0.4, -0.2) is 6.16 Å². The van der Waals surface area contributed by atoms with Crippen molar-refractivity contribution in [2.24, 2.45) is 0 Å². The smallest absolute Gasteiger partial charge is 0.198 e. The third-order valence-corrected chi connectivity index (χ3v) is 4.75. The SMILES string of the molecule is CCCCCP(=O)(I)I. The van der Waals surface area contributed by atoms with Crippen LogP contribution in [0.2, 0.25) is 0 Å². The molecule has 0 saturated carbocycles. The zero-order valence-electron chi connectivity index (χ0n) is 5.44. The molecule has 1 nitrogen and oxygen atoms in total. The molecular weight excluding hydrogens is 361 g/mol. The normalized spacial score (nSPS) is 11.9. The lowest BCUT2D eigenvalue weighted by Gasteiger charge is -1.99. The molecule has 0 rings (SSSR count). The molecule has 0 aliphatic rings. The van der Waals surface area contributed by atoms with Crippen molar-refractivity contribution in [2.45, 2.75) is 26.2 Å². The molecule has 4 heteroatoms. The van der Waals surface area contributed by atoms with Crippen molar-refractivity contribution < 1.29 is 4.57 Å². The van der Waals surface area contributed by atoms with Gasteiger partial charge in [-0.15, -0.1) is 0 Å². The first-order valence-corrected chi connectivity index (χ1v) is 10.5. The number of rotatable bonds is 4. The highest BCUT2D eigenvalue weighted by Gasteiger charge is 2.09. The first kappa shape index (κ1) is 10.7. The van der Waals surface area contributed by atoms with Crippen LogP contribution in [0, 0.1) is 0 Å². The van der Waals surface area contributed by atoms with Gasteiger partial charge in [0.25, 0.3) is 0 Å². The van der Waals surface area contributed by atoms with Gasteiger partial charge in [0.2, 0.25) is 0 Å². The molecule has 0 aromatic heterocycles. The molecule has 0 spiro atoms. The quantitative estimate of drug-likeness (QED) is 0.410. The Balaban J connectivity index is 3.18. The third-order valence-electron chi connectivity index (χ3n) is 1.02. The summed E-state index contributed by atoms with van der Waals surface area (Å²) in [5.74, 6) is 0. The third kappa shape index (κ3) is 9.69. The van der Waals surface area contributed by atoms with Crippen molar-refractivity contribution in [1.82, 2.24) is 0 Å².